The lowest BCUT2D eigenvalue weighted by Gasteiger charge is -2.31. The van der Waals surface area contributed by atoms with E-state index in [0.717, 1.165) is 0 Å². The summed E-state index contributed by atoms with van der Waals surface area (Å²) in [6.07, 6.45) is 1.10. The number of amides is 1. The molecule has 0 saturated carbocycles. The van der Waals surface area contributed by atoms with Gasteiger partial charge in [0.2, 0.25) is 0 Å². The lowest BCUT2D eigenvalue weighted by molar-refractivity contribution is 0.0645. The molecule has 2 heterocycles. The van der Waals surface area contributed by atoms with Gasteiger partial charge in [0.05, 0.1) is 21.4 Å². The number of carbonyl (C=O) groups excluding carboxylic acids is 2. The average Bonchev–Trinajstić information content (AvgIpc) is 3.16. The molecule has 1 saturated heterocycles. The first-order valence-corrected chi connectivity index (χ1v) is 10.6. The van der Waals surface area contributed by atoms with Gasteiger partial charge in [0.1, 0.15) is 5.82 Å². The van der Waals surface area contributed by atoms with Gasteiger partial charge in [0.15, 0.2) is 11.5 Å². The van der Waals surface area contributed by atoms with E-state index < -0.39 is 0 Å². The fourth-order valence-electron chi connectivity index (χ4n) is 3.73. The second-order valence-electron chi connectivity index (χ2n) is 7.47. The molecule has 0 unspecified atom stereocenters. The first-order chi connectivity index (χ1) is 14.8. The van der Waals surface area contributed by atoms with Gasteiger partial charge in [0, 0.05) is 24.6 Å². The molecule has 1 aliphatic rings. The summed E-state index contributed by atoms with van der Waals surface area (Å²) < 4.78 is 14.7. The highest BCUT2D eigenvalue weighted by Gasteiger charge is 2.30. The molecule has 0 spiro atoms. The van der Waals surface area contributed by atoms with Crippen LogP contribution in [0.15, 0.2) is 42.5 Å². The Hall–Kier alpha value is -2.77. The molecule has 0 bridgehead atoms. The van der Waals surface area contributed by atoms with Crippen molar-refractivity contribution in [2.45, 2.75) is 19.8 Å². The summed E-state index contributed by atoms with van der Waals surface area (Å²) in [4.78, 5) is 27.5. The number of carbonyl (C=O) groups is 2. The van der Waals surface area contributed by atoms with Crippen molar-refractivity contribution in [2.75, 3.05) is 13.1 Å². The van der Waals surface area contributed by atoms with Gasteiger partial charge in [0.25, 0.3) is 5.91 Å². The molecule has 1 amide bonds. The summed E-state index contributed by atoms with van der Waals surface area (Å²) in [6.45, 7) is 2.63. The van der Waals surface area contributed by atoms with Crippen LogP contribution >= 0.6 is 23.2 Å². The SMILES string of the molecule is Cc1c(C(=O)N2CCC(C(=O)c3ccc(Cl)c(Cl)c3)CC2)nnn1-c1ccc(F)cc1. The van der Waals surface area contributed by atoms with Crippen molar-refractivity contribution in [1.82, 2.24) is 19.9 Å². The summed E-state index contributed by atoms with van der Waals surface area (Å²) in [5.41, 5.74) is 1.97. The monoisotopic (exact) mass is 460 g/mol. The zero-order valence-electron chi connectivity index (χ0n) is 16.7. The smallest absolute Gasteiger partial charge is 0.276 e. The van der Waals surface area contributed by atoms with Crippen LogP contribution in [0.1, 0.15) is 39.4 Å². The standard InChI is InChI=1S/C22H19Cl2FN4O2/c1-13-20(26-27-29(13)17-5-3-16(25)4-6-17)22(31)28-10-8-14(9-11-28)21(30)15-2-7-18(23)19(24)12-15/h2-7,12,14H,8-11H2,1H3. The fourth-order valence-corrected chi connectivity index (χ4v) is 4.03. The van der Waals surface area contributed by atoms with Crippen molar-refractivity contribution in [2.24, 2.45) is 5.92 Å². The van der Waals surface area contributed by atoms with E-state index in [9.17, 15) is 14.0 Å². The Labute approximate surface area is 188 Å². The number of ketones is 1. The molecule has 9 heteroatoms. The maximum atomic E-state index is 13.2. The number of hydrogen-bond donors (Lipinski definition) is 0. The first-order valence-electron chi connectivity index (χ1n) is 9.82. The van der Waals surface area contributed by atoms with Crippen LogP contribution in [0, 0.1) is 18.7 Å². The molecule has 1 aliphatic heterocycles. The van der Waals surface area contributed by atoms with Gasteiger partial charge >= 0.3 is 0 Å². The molecule has 1 fully saturated rings. The van der Waals surface area contributed by atoms with Gasteiger partial charge in [-0.2, -0.15) is 0 Å². The number of hydrogen-bond acceptors (Lipinski definition) is 4. The molecular formula is C22H19Cl2FN4O2. The van der Waals surface area contributed by atoms with Crippen molar-refractivity contribution in [3.8, 4) is 5.69 Å². The minimum atomic E-state index is -0.351. The topological polar surface area (TPSA) is 68.1 Å². The van der Waals surface area contributed by atoms with Crippen LogP contribution in [-0.4, -0.2) is 44.7 Å². The van der Waals surface area contributed by atoms with Gasteiger partial charge in [-0.05, 0) is 62.2 Å². The number of aromatic nitrogens is 3. The third-order valence-corrected chi connectivity index (χ3v) is 6.26. The summed E-state index contributed by atoms with van der Waals surface area (Å²) >= 11 is 12.0. The zero-order valence-corrected chi connectivity index (χ0v) is 18.2. The number of halogens is 3. The molecular weight excluding hydrogens is 442 g/mol. The Morgan fingerprint density at radius 1 is 1.03 bits per heavy atom. The largest absolute Gasteiger partial charge is 0.337 e. The van der Waals surface area contributed by atoms with E-state index in [-0.39, 0.29) is 29.1 Å². The van der Waals surface area contributed by atoms with Crippen LogP contribution in [0.5, 0.6) is 0 Å². The molecule has 0 N–H and O–H groups in total. The van der Waals surface area contributed by atoms with E-state index in [1.54, 1.807) is 42.2 Å². The Balaban J connectivity index is 1.43. The lowest BCUT2D eigenvalue weighted by atomic mass is 9.89. The fraction of sp³-hybridized carbons (Fsp3) is 0.273. The molecule has 31 heavy (non-hydrogen) atoms. The maximum Gasteiger partial charge on any atom is 0.276 e. The average molecular weight is 461 g/mol. The molecule has 3 aromatic rings. The molecule has 1 aromatic heterocycles. The highest BCUT2D eigenvalue weighted by atomic mass is 35.5. The van der Waals surface area contributed by atoms with Gasteiger partial charge < -0.3 is 4.90 Å². The van der Waals surface area contributed by atoms with Crippen LogP contribution in [-0.2, 0) is 0 Å². The normalized spacial score (nSPS) is 14.6. The molecule has 160 valence electrons. The molecule has 6 nitrogen and oxygen atoms in total. The van der Waals surface area contributed by atoms with E-state index in [1.807, 2.05) is 0 Å². The number of rotatable bonds is 4. The Kier molecular flexibility index (Phi) is 6.07. The summed E-state index contributed by atoms with van der Waals surface area (Å²) in [7, 11) is 0. The second kappa shape index (κ2) is 8.77. The number of benzene rings is 2. The van der Waals surface area contributed by atoms with Gasteiger partial charge in [-0.25, -0.2) is 9.07 Å². The van der Waals surface area contributed by atoms with E-state index >= 15 is 0 Å². The van der Waals surface area contributed by atoms with Gasteiger partial charge in [-0.3, -0.25) is 9.59 Å². The van der Waals surface area contributed by atoms with Crippen LogP contribution in [0.25, 0.3) is 5.69 Å². The highest BCUT2D eigenvalue weighted by molar-refractivity contribution is 6.42. The number of Topliss-reactive ketones (excluding diaryl/α,β-unsaturated/α-hetero) is 1. The van der Waals surface area contributed by atoms with E-state index in [0.29, 0.717) is 52.9 Å². The molecule has 2 aromatic carbocycles. The van der Waals surface area contributed by atoms with E-state index in [4.69, 9.17) is 23.2 Å². The Morgan fingerprint density at radius 3 is 2.35 bits per heavy atom. The van der Waals surface area contributed by atoms with Crippen molar-refractivity contribution >= 4 is 34.9 Å². The van der Waals surface area contributed by atoms with E-state index in [1.165, 1.54) is 16.8 Å². The van der Waals surface area contributed by atoms with E-state index in [2.05, 4.69) is 10.3 Å². The van der Waals surface area contributed by atoms with Crippen molar-refractivity contribution in [1.29, 1.82) is 0 Å². The first kappa shape index (κ1) is 21.5. The second-order valence-corrected chi connectivity index (χ2v) is 8.29. The molecule has 0 radical (unpaired) electrons. The predicted molar refractivity (Wildman–Crippen MR) is 115 cm³/mol. The third-order valence-electron chi connectivity index (χ3n) is 5.53. The predicted octanol–water partition coefficient (Wildman–Crippen LogP) is 4.76. The zero-order chi connectivity index (χ0) is 22.1. The lowest BCUT2D eigenvalue weighted by Crippen LogP contribution is -2.40. The van der Waals surface area contributed by atoms with Crippen molar-refractivity contribution in [3.05, 3.63) is 75.3 Å². The summed E-state index contributed by atoms with van der Waals surface area (Å²) in [5, 5.41) is 8.84. The summed E-state index contributed by atoms with van der Waals surface area (Å²) in [5.74, 6) is -0.760. The van der Waals surface area contributed by atoms with Gasteiger partial charge in [-0.1, -0.05) is 28.4 Å². The van der Waals surface area contributed by atoms with Gasteiger partial charge in [-0.15, -0.1) is 5.10 Å². The number of nitrogens with zero attached hydrogens (tertiary/aromatic N) is 4. The number of piperidine rings is 1. The summed E-state index contributed by atoms with van der Waals surface area (Å²) in [6, 6.07) is 10.7. The quantitative estimate of drug-likeness (QED) is 0.526. The van der Waals surface area contributed by atoms with Crippen molar-refractivity contribution in [3.63, 3.8) is 0 Å². The molecule has 0 atom stereocenters. The molecule has 4 rings (SSSR count). The Bertz CT molecular complexity index is 1140. The van der Waals surface area contributed by atoms with Crippen LogP contribution < -0.4 is 0 Å². The van der Waals surface area contributed by atoms with Crippen LogP contribution in [0.4, 0.5) is 4.39 Å². The highest BCUT2D eigenvalue weighted by Crippen LogP contribution is 2.27. The minimum Gasteiger partial charge on any atom is -0.337 e. The number of likely N-dealkylation sites (tertiary alicyclic amines) is 1. The van der Waals surface area contributed by atoms with Crippen LogP contribution in [0.3, 0.4) is 0 Å². The van der Waals surface area contributed by atoms with Crippen molar-refractivity contribution < 1.29 is 14.0 Å². The van der Waals surface area contributed by atoms with Crippen LogP contribution in [0.2, 0.25) is 10.0 Å². The Morgan fingerprint density at radius 2 is 1.71 bits per heavy atom. The third kappa shape index (κ3) is 4.34. The minimum absolute atomic E-state index is 0.00380. The molecule has 0 aliphatic carbocycles. The maximum absolute atomic E-state index is 13.2.